The second-order valence-electron chi connectivity index (χ2n) is 7.21. The number of nitrogens with zero attached hydrogens (tertiary/aromatic N) is 1. The molecule has 0 aliphatic carbocycles. The van der Waals surface area contributed by atoms with E-state index in [4.69, 9.17) is 0 Å². The molecule has 0 spiro atoms. The van der Waals surface area contributed by atoms with Crippen LogP contribution in [0.4, 0.5) is 4.79 Å². The molecule has 1 aliphatic heterocycles. The van der Waals surface area contributed by atoms with Crippen molar-refractivity contribution in [2.24, 2.45) is 0 Å². The molecular weight excluding hydrogens is 372 g/mol. The van der Waals surface area contributed by atoms with Crippen LogP contribution in [0.25, 0.3) is 11.1 Å². The van der Waals surface area contributed by atoms with Crippen LogP contribution in [-0.2, 0) is 9.59 Å². The van der Waals surface area contributed by atoms with E-state index in [1.165, 1.54) is 0 Å². The zero-order valence-corrected chi connectivity index (χ0v) is 16.2. The van der Waals surface area contributed by atoms with Crippen molar-refractivity contribution in [1.29, 1.82) is 0 Å². The normalized spacial score (nSPS) is 15.0. The lowest BCUT2D eigenvalue weighted by atomic mass is 10.0. The molecule has 1 saturated heterocycles. The van der Waals surface area contributed by atoms with Crippen molar-refractivity contribution in [2.75, 3.05) is 6.54 Å². The van der Waals surface area contributed by atoms with E-state index in [0.29, 0.717) is 5.56 Å². The molecule has 1 aliphatic rings. The van der Waals surface area contributed by atoms with Crippen molar-refractivity contribution in [3.8, 4) is 11.1 Å². The molecule has 29 heavy (non-hydrogen) atoms. The van der Waals surface area contributed by atoms with Crippen molar-refractivity contribution in [3.05, 3.63) is 60.2 Å². The maximum atomic E-state index is 12.2. The Bertz CT molecular complexity index is 939. The molecule has 1 fully saturated rings. The molecule has 0 atom stereocenters. The summed E-state index contributed by atoms with van der Waals surface area (Å²) in [5, 5.41) is 2.54. The van der Waals surface area contributed by atoms with E-state index in [9.17, 15) is 19.2 Å². The van der Waals surface area contributed by atoms with Gasteiger partial charge in [-0.2, -0.15) is 0 Å². The lowest BCUT2D eigenvalue weighted by molar-refractivity contribution is -0.130. The third-order valence-electron chi connectivity index (χ3n) is 4.58. The largest absolute Gasteiger partial charge is 0.325 e. The summed E-state index contributed by atoms with van der Waals surface area (Å²) < 4.78 is 0. The summed E-state index contributed by atoms with van der Waals surface area (Å²) in [5.74, 6) is -1.36. The second kappa shape index (κ2) is 8.14. The van der Waals surface area contributed by atoms with Crippen LogP contribution >= 0.6 is 0 Å². The minimum absolute atomic E-state index is 0.0679. The van der Waals surface area contributed by atoms with E-state index in [-0.39, 0.29) is 13.0 Å². The minimum Gasteiger partial charge on any atom is -0.324 e. The summed E-state index contributed by atoms with van der Waals surface area (Å²) in [6.45, 7) is 3.12. The highest BCUT2D eigenvalue weighted by Crippen LogP contribution is 2.19. The lowest BCUT2D eigenvalue weighted by Crippen LogP contribution is -2.44. The summed E-state index contributed by atoms with van der Waals surface area (Å²) in [6.07, 6.45) is -0.123. The highest BCUT2D eigenvalue weighted by molar-refractivity contribution is 6.06. The molecule has 0 unspecified atom stereocenters. The molecule has 0 saturated carbocycles. The van der Waals surface area contributed by atoms with E-state index in [2.05, 4.69) is 16.2 Å². The summed E-state index contributed by atoms with van der Waals surface area (Å²) in [4.78, 5) is 49.0. The number of imide groups is 1. The van der Waals surface area contributed by atoms with E-state index in [1.807, 2.05) is 42.5 Å². The van der Waals surface area contributed by atoms with Gasteiger partial charge in [0, 0.05) is 18.5 Å². The minimum atomic E-state index is -0.978. The molecule has 1 heterocycles. The molecule has 3 rings (SSSR count). The van der Waals surface area contributed by atoms with Crippen molar-refractivity contribution in [1.82, 2.24) is 21.1 Å². The number of rotatable bonds is 5. The predicted molar refractivity (Wildman–Crippen MR) is 106 cm³/mol. The molecule has 2 aromatic carbocycles. The summed E-state index contributed by atoms with van der Waals surface area (Å²) >= 11 is 0. The first kappa shape index (κ1) is 20.1. The standard InChI is InChI=1S/C21H22N4O4/c1-21(2)19(28)25(20(29)22-21)13-12-17(26)23-24-18(27)16-10-8-15(9-11-16)14-6-4-3-5-7-14/h3-11H,12-13H2,1-2H3,(H,22,29)(H,23,26)(H,24,27). The van der Waals surface area contributed by atoms with Crippen LogP contribution in [0.1, 0.15) is 30.6 Å². The molecule has 8 heteroatoms. The smallest absolute Gasteiger partial charge is 0.324 e. The van der Waals surface area contributed by atoms with Gasteiger partial charge in [0.1, 0.15) is 5.54 Å². The molecule has 8 nitrogen and oxygen atoms in total. The first-order valence-corrected chi connectivity index (χ1v) is 9.17. The molecular formula is C21H22N4O4. The molecule has 150 valence electrons. The van der Waals surface area contributed by atoms with Gasteiger partial charge < -0.3 is 5.32 Å². The number of hydrogen-bond acceptors (Lipinski definition) is 4. The van der Waals surface area contributed by atoms with Crippen LogP contribution in [0.2, 0.25) is 0 Å². The number of benzene rings is 2. The fourth-order valence-electron chi connectivity index (χ4n) is 2.94. The quantitative estimate of drug-likeness (QED) is 0.531. The summed E-state index contributed by atoms with van der Waals surface area (Å²) in [5.41, 5.74) is 6.05. The predicted octanol–water partition coefficient (Wildman–Crippen LogP) is 1.84. The Morgan fingerprint density at radius 1 is 0.931 bits per heavy atom. The SMILES string of the molecule is CC1(C)NC(=O)N(CCC(=O)NNC(=O)c2ccc(-c3ccccc3)cc2)C1=O. The van der Waals surface area contributed by atoms with E-state index in [0.717, 1.165) is 16.0 Å². The Balaban J connectivity index is 1.48. The number of amides is 5. The van der Waals surface area contributed by atoms with Gasteiger partial charge in [-0.05, 0) is 37.1 Å². The molecule has 0 bridgehead atoms. The summed E-state index contributed by atoms with van der Waals surface area (Å²) in [6, 6.07) is 16.2. The van der Waals surface area contributed by atoms with Crippen LogP contribution in [0.3, 0.4) is 0 Å². The van der Waals surface area contributed by atoms with Gasteiger partial charge in [0.05, 0.1) is 0 Å². The number of carbonyl (C=O) groups is 4. The maximum absolute atomic E-state index is 12.2. The van der Waals surface area contributed by atoms with Crippen molar-refractivity contribution in [2.45, 2.75) is 25.8 Å². The lowest BCUT2D eigenvalue weighted by Gasteiger charge is -2.15. The van der Waals surface area contributed by atoms with Crippen molar-refractivity contribution >= 4 is 23.8 Å². The number of nitrogens with one attached hydrogen (secondary N) is 3. The van der Waals surface area contributed by atoms with Crippen LogP contribution < -0.4 is 16.2 Å². The van der Waals surface area contributed by atoms with Gasteiger partial charge in [0.15, 0.2) is 0 Å². The Kier molecular flexibility index (Phi) is 5.63. The average molecular weight is 394 g/mol. The second-order valence-corrected chi connectivity index (χ2v) is 7.21. The van der Waals surface area contributed by atoms with Gasteiger partial charge in [-0.15, -0.1) is 0 Å². The van der Waals surface area contributed by atoms with Crippen molar-refractivity contribution < 1.29 is 19.2 Å². The van der Waals surface area contributed by atoms with Crippen molar-refractivity contribution in [3.63, 3.8) is 0 Å². The fourth-order valence-corrected chi connectivity index (χ4v) is 2.94. The van der Waals surface area contributed by atoms with Crippen LogP contribution in [-0.4, -0.2) is 40.7 Å². The number of hydrogen-bond donors (Lipinski definition) is 3. The van der Waals surface area contributed by atoms with Gasteiger partial charge in [-0.1, -0.05) is 42.5 Å². The summed E-state index contributed by atoms with van der Waals surface area (Å²) in [7, 11) is 0. The van der Waals surface area contributed by atoms with Gasteiger partial charge in [0.25, 0.3) is 11.8 Å². The molecule has 5 amide bonds. The Labute approximate surface area is 168 Å². The zero-order chi connectivity index (χ0) is 21.0. The van der Waals surface area contributed by atoms with Gasteiger partial charge >= 0.3 is 6.03 Å². The molecule has 2 aromatic rings. The number of hydrazine groups is 1. The van der Waals surface area contributed by atoms with Gasteiger partial charge in [-0.3, -0.25) is 30.1 Å². The van der Waals surface area contributed by atoms with Crippen LogP contribution in [0.15, 0.2) is 54.6 Å². The van der Waals surface area contributed by atoms with E-state index >= 15 is 0 Å². The Morgan fingerprint density at radius 3 is 2.14 bits per heavy atom. The maximum Gasteiger partial charge on any atom is 0.325 e. The Hall–Kier alpha value is -3.68. The highest BCUT2D eigenvalue weighted by atomic mass is 16.2. The average Bonchev–Trinajstić information content (AvgIpc) is 2.92. The first-order valence-electron chi connectivity index (χ1n) is 9.17. The number of urea groups is 1. The third kappa shape index (κ3) is 4.60. The number of carbonyl (C=O) groups excluding carboxylic acids is 4. The van der Waals surface area contributed by atoms with Gasteiger partial charge in [-0.25, -0.2) is 4.79 Å². The third-order valence-corrected chi connectivity index (χ3v) is 4.58. The van der Waals surface area contributed by atoms with E-state index < -0.39 is 29.3 Å². The Morgan fingerprint density at radius 2 is 1.55 bits per heavy atom. The molecule has 0 radical (unpaired) electrons. The topological polar surface area (TPSA) is 108 Å². The monoisotopic (exact) mass is 394 g/mol. The fraction of sp³-hybridized carbons (Fsp3) is 0.238. The highest BCUT2D eigenvalue weighted by Gasteiger charge is 2.43. The molecule has 0 aromatic heterocycles. The van der Waals surface area contributed by atoms with Crippen LogP contribution in [0, 0.1) is 0 Å². The van der Waals surface area contributed by atoms with E-state index in [1.54, 1.807) is 26.0 Å². The molecule has 3 N–H and O–H groups in total. The first-order chi connectivity index (χ1) is 13.8. The zero-order valence-electron chi connectivity index (χ0n) is 16.2. The van der Waals surface area contributed by atoms with Crippen LogP contribution in [0.5, 0.6) is 0 Å². The van der Waals surface area contributed by atoms with Gasteiger partial charge in [0.2, 0.25) is 5.91 Å².